The highest BCUT2D eigenvalue weighted by molar-refractivity contribution is 8.00. The van der Waals surface area contributed by atoms with E-state index in [1.54, 1.807) is 11.8 Å². The van der Waals surface area contributed by atoms with Crippen LogP contribution in [0.3, 0.4) is 0 Å². The average molecular weight is 144 g/mol. The van der Waals surface area contributed by atoms with Gasteiger partial charge in [-0.25, -0.2) is 0 Å². The molecular weight excluding hydrogens is 138 g/mol. The number of hydrogen-bond donors (Lipinski definition) is 0. The Morgan fingerprint density at radius 1 is 1.78 bits per heavy atom. The molecule has 0 aromatic rings. The van der Waals surface area contributed by atoms with Crippen molar-refractivity contribution >= 4 is 23.4 Å². The molecule has 0 radical (unpaired) electrons. The summed E-state index contributed by atoms with van der Waals surface area (Å²) in [6.07, 6.45) is 0. The number of carboxylic acid groups (broad SMARTS) is 1. The van der Waals surface area contributed by atoms with Gasteiger partial charge in [0.2, 0.25) is 0 Å². The van der Waals surface area contributed by atoms with Crippen LogP contribution in [0.1, 0.15) is 0 Å². The van der Waals surface area contributed by atoms with Gasteiger partial charge in [0.05, 0.1) is 11.7 Å². The average Bonchev–Trinajstić information content (AvgIpc) is 1.90. The van der Waals surface area contributed by atoms with Gasteiger partial charge in [-0.05, 0) is 0 Å². The van der Waals surface area contributed by atoms with Gasteiger partial charge in [-0.1, -0.05) is 0 Å². The number of carbonyl (C=O) groups is 1. The highest BCUT2D eigenvalue weighted by atomic mass is 32.2. The van der Waals surface area contributed by atoms with Gasteiger partial charge in [-0.15, -0.1) is 0 Å². The van der Waals surface area contributed by atoms with E-state index < -0.39 is 5.97 Å². The summed E-state index contributed by atoms with van der Waals surface area (Å²) in [6.45, 7) is 0.619. The molecule has 9 heavy (non-hydrogen) atoms. The Morgan fingerprint density at radius 3 is 2.89 bits per heavy atom. The first-order valence-electron chi connectivity index (χ1n) is 2.63. The predicted octanol–water partition coefficient (Wildman–Crippen LogP) is -1.08. The molecule has 1 aliphatic rings. The summed E-state index contributed by atoms with van der Waals surface area (Å²) < 4.78 is 0. The molecule has 0 fully saturated rings. The van der Waals surface area contributed by atoms with Crippen molar-refractivity contribution in [1.82, 2.24) is 0 Å². The summed E-state index contributed by atoms with van der Waals surface area (Å²) in [6, 6.07) is 0. The molecule has 0 aromatic carbocycles. The number of aliphatic carboxylic acids is 1. The molecule has 1 rings (SSSR count). The van der Waals surface area contributed by atoms with Crippen molar-refractivity contribution in [3.05, 3.63) is 0 Å². The molecule has 0 amide bonds. The van der Waals surface area contributed by atoms with E-state index in [2.05, 4.69) is 4.99 Å². The van der Waals surface area contributed by atoms with Crippen molar-refractivity contribution in [2.75, 3.05) is 18.1 Å². The SMILES string of the molecule is O=C([O-])C1=NCCSC1. The highest BCUT2D eigenvalue weighted by Crippen LogP contribution is 2.05. The molecule has 0 aromatic heterocycles. The van der Waals surface area contributed by atoms with E-state index in [0.717, 1.165) is 5.75 Å². The minimum absolute atomic E-state index is 0.200. The van der Waals surface area contributed by atoms with Gasteiger partial charge in [0.15, 0.2) is 0 Å². The fraction of sp³-hybridized carbons (Fsp3) is 0.600. The normalized spacial score (nSPS) is 18.9. The molecule has 1 aliphatic heterocycles. The monoisotopic (exact) mass is 144 g/mol. The van der Waals surface area contributed by atoms with E-state index in [0.29, 0.717) is 12.3 Å². The molecule has 0 N–H and O–H groups in total. The Kier molecular flexibility index (Phi) is 2.10. The van der Waals surface area contributed by atoms with E-state index in [1.165, 1.54) is 0 Å². The Morgan fingerprint density at radius 2 is 2.56 bits per heavy atom. The number of hydrogen-bond acceptors (Lipinski definition) is 4. The maximum absolute atomic E-state index is 10.1. The lowest BCUT2D eigenvalue weighted by Gasteiger charge is -2.10. The van der Waals surface area contributed by atoms with Crippen LogP contribution < -0.4 is 5.11 Å². The van der Waals surface area contributed by atoms with Crippen LogP contribution in [0.4, 0.5) is 0 Å². The lowest BCUT2D eigenvalue weighted by atomic mass is 10.4. The highest BCUT2D eigenvalue weighted by Gasteiger charge is 2.04. The van der Waals surface area contributed by atoms with Crippen LogP contribution >= 0.6 is 11.8 Å². The molecule has 0 saturated heterocycles. The van der Waals surface area contributed by atoms with Gasteiger partial charge in [0.25, 0.3) is 0 Å². The Bertz CT molecular complexity index is 155. The first-order chi connectivity index (χ1) is 4.30. The minimum atomic E-state index is -1.12. The molecule has 0 unspecified atom stereocenters. The maximum Gasteiger partial charge on any atom is 0.0862 e. The molecule has 50 valence electrons. The van der Waals surface area contributed by atoms with Crippen LogP contribution in [-0.4, -0.2) is 29.7 Å². The van der Waals surface area contributed by atoms with Gasteiger partial charge in [0, 0.05) is 18.1 Å². The predicted molar refractivity (Wildman–Crippen MR) is 34.6 cm³/mol. The van der Waals surface area contributed by atoms with Crippen molar-refractivity contribution in [2.24, 2.45) is 4.99 Å². The number of carbonyl (C=O) groups excluding carboxylic acids is 1. The Labute approximate surface area is 57.2 Å². The zero-order valence-electron chi connectivity index (χ0n) is 4.79. The molecular formula is C5H6NO2S-. The Balaban J connectivity index is 2.57. The fourth-order valence-corrected chi connectivity index (χ4v) is 1.35. The molecule has 1 heterocycles. The van der Waals surface area contributed by atoms with Crippen LogP contribution in [0.25, 0.3) is 0 Å². The Hall–Kier alpha value is -0.510. The van der Waals surface area contributed by atoms with Crippen LogP contribution in [0.15, 0.2) is 4.99 Å². The van der Waals surface area contributed by atoms with Crippen LogP contribution in [0.5, 0.6) is 0 Å². The number of nitrogens with zero attached hydrogens (tertiary/aromatic N) is 1. The number of rotatable bonds is 1. The lowest BCUT2D eigenvalue weighted by Crippen LogP contribution is -2.34. The molecule has 0 saturated carbocycles. The molecule has 0 aliphatic carbocycles. The van der Waals surface area contributed by atoms with Crippen molar-refractivity contribution in [3.8, 4) is 0 Å². The number of aliphatic imine (C=N–C) groups is 1. The van der Waals surface area contributed by atoms with Gasteiger partial charge in [-0.2, -0.15) is 11.8 Å². The van der Waals surface area contributed by atoms with Crippen LogP contribution in [0, 0.1) is 0 Å². The summed E-state index contributed by atoms with van der Waals surface area (Å²) in [5, 5.41) is 10.1. The second-order valence-electron chi connectivity index (χ2n) is 1.67. The van der Waals surface area contributed by atoms with E-state index >= 15 is 0 Å². The van der Waals surface area contributed by atoms with Crippen molar-refractivity contribution < 1.29 is 9.90 Å². The summed E-state index contributed by atoms with van der Waals surface area (Å²) in [7, 11) is 0. The van der Waals surface area contributed by atoms with Gasteiger partial charge in [-0.3, -0.25) is 4.99 Å². The maximum atomic E-state index is 10.1. The molecule has 0 atom stereocenters. The molecule has 4 heteroatoms. The van der Waals surface area contributed by atoms with Crippen molar-refractivity contribution in [2.45, 2.75) is 0 Å². The van der Waals surface area contributed by atoms with E-state index in [-0.39, 0.29) is 5.71 Å². The van der Waals surface area contributed by atoms with Gasteiger partial charge in [0.1, 0.15) is 0 Å². The third-order valence-corrected chi connectivity index (χ3v) is 1.96. The summed E-state index contributed by atoms with van der Waals surface area (Å²) in [5.41, 5.74) is 0.200. The lowest BCUT2D eigenvalue weighted by molar-refractivity contribution is -0.294. The van der Waals surface area contributed by atoms with Gasteiger partial charge >= 0.3 is 0 Å². The number of carboxylic acids is 1. The van der Waals surface area contributed by atoms with E-state index in [4.69, 9.17) is 0 Å². The summed E-state index contributed by atoms with van der Waals surface area (Å²) >= 11 is 1.58. The largest absolute Gasteiger partial charge is 0.543 e. The second kappa shape index (κ2) is 2.87. The van der Waals surface area contributed by atoms with E-state index in [9.17, 15) is 9.90 Å². The third kappa shape index (κ3) is 1.71. The van der Waals surface area contributed by atoms with Crippen LogP contribution in [-0.2, 0) is 4.79 Å². The minimum Gasteiger partial charge on any atom is -0.543 e. The van der Waals surface area contributed by atoms with E-state index in [1.807, 2.05) is 0 Å². The van der Waals surface area contributed by atoms with Crippen molar-refractivity contribution in [3.63, 3.8) is 0 Å². The third-order valence-electron chi connectivity index (χ3n) is 1.01. The summed E-state index contributed by atoms with van der Waals surface area (Å²) in [4.78, 5) is 13.9. The molecule has 0 bridgehead atoms. The van der Waals surface area contributed by atoms with Crippen molar-refractivity contribution in [1.29, 1.82) is 0 Å². The zero-order chi connectivity index (χ0) is 6.69. The quantitative estimate of drug-likeness (QED) is 0.470. The second-order valence-corrected chi connectivity index (χ2v) is 2.77. The molecule has 3 nitrogen and oxygen atoms in total. The standard InChI is InChI=1S/C5H7NO2S/c7-5(8)4-3-9-2-1-6-4/h1-3H2,(H,7,8)/p-1. The topological polar surface area (TPSA) is 52.5 Å². The first-order valence-corrected chi connectivity index (χ1v) is 3.78. The zero-order valence-corrected chi connectivity index (χ0v) is 5.61. The first kappa shape index (κ1) is 6.61. The van der Waals surface area contributed by atoms with Gasteiger partial charge < -0.3 is 9.90 Å². The summed E-state index contributed by atoms with van der Waals surface area (Å²) in [5.74, 6) is 0.307. The smallest absolute Gasteiger partial charge is 0.0862 e. The fourth-order valence-electron chi connectivity index (χ4n) is 0.583. The number of thioether (sulfide) groups is 1. The molecule has 0 spiro atoms. The van der Waals surface area contributed by atoms with Crippen LogP contribution in [0.2, 0.25) is 0 Å².